The number of nitrogens with one attached hydrogen (secondary N) is 1. The van der Waals surface area contributed by atoms with Gasteiger partial charge >= 0.3 is 6.18 Å². The van der Waals surface area contributed by atoms with Gasteiger partial charge in [0.2, 0.25) is 11.8 Å². The molecule has 1 N–H and O–H groups in total. The van der Waals surface area contributed by atoms with Gasteiger partial charge in [-0.15, -0.1) is 0 Å². The SMILES string of the molecule is Cc1cc2nn(Cc3cnc(OCC(F)(F)F)c(C)c3)cc2c(NC(=O)CC2CC2)n1. The number of pyridine rings is 2. The van der Waals surface area contributed by atoms with E-state index in [1.165, 1.54) is 6.20 Å². The van der Waals surface area contributed by atoms with E-state index in [2.05, 4.69) is 20.4 Å². The molecule has 0 radical (unpaired) electrons. The summed E-state index contributed by atoms with van der Waals surface area (Å²) in [4.78, 5) is 20.7. The highest BCUT2D eigenvalue weighted by molar-refractivity contribution is 5.99. The standard InChI is InChI=1S/C21H22F3N5O2/c1-12-5-15(8-25-20(12)31-11-21(22,23)24)9-29-10-16-17(28-29)6-13(2)26-19(16)27-18(30)7-14-3-4-14/h5-6,8,10,14H,3-4,7,9,11H2,1-2H3,(H,26,27,30). The highest BCUT2D eigenvalue weighted by atomic mass is 19.4. The van der Waals surface area contributed by atoms with Gasteiger partial charge in [-0.25, -0.2) is 9.97 Å². The number of carbonyl (C=O) groups excluding carboxylic acids is 1. The number of fused-ring (bicyclic) bond motifs is 1. The van der Waals surface area contributed by atoms with Crippen LogP contribution in [0.2, 0.25) is 0 Å². The molecule has 164 valence electrons. The molecule has 0 spiro atoms. The zero-order valence-electron chi connectivity index (χ0n) is 17.2. The fourth-order valence-electron chi connectivity index (χ4n) is 3.33. The molecule has 3 aromatic heterocycles. The Morgan fingerprint density at radius 2 is 2.06 bits per heavy atom. The summed E-state index contributed by atoms with van der Waals surface area (Å²) in [6, 6.07) is 3.55. The summed E-state index contributed by atoms with van der Waals surface area (Å²) < 4.78 is 43.5. The second-order valence-corrected chi connectivity index (χ2v) is 7.94. The van der Waals surface area contributed by atoms with Gasteiger partial charge in [-0.05, 0) is 50.3 Å². The number of alkyl halides is 3. The molecule has 1 aliphatic carbocycles. The molecular weight excluding hydrogens is 411 g/mol. The lowest BCUT2D eigenvalue weighted by Gasteiger charge is -2.11. The first kappa shape index (κ1) is 21.1. The Kier molecular flexibility index (Phi) is 5.55. The Morgan fingerprint density at radius 3 is 2.74 bits per heavy atom. The second-order valence-electron chi connectivity index (χ2n) is 7.94. The number of hydrogen-bond acceptors (Lipinski definition) is 5. The molecule has 0 aliphatic heterocycles. The van der Waals surface area contributed by atoms with Crippen LogP contribution in [0.1, 0.15) is 36.1 Å². The zero-order chi connectivity index (χ0) is 22.2. The largest absolute Gasteiger partial charge is 0.468 e. The highest BCUT2D eigenvalue weighted by Gasteiger charge is 2.29. The fourth-order valence-corrected chi connectivity index (χ4v) is 3.33. The molecule has 31 heavy (non-hydrogen) atoms. The summed E-state index contributed by atoms with van der Waals surface area (Å²) in [5, 5.41) is 8.17. The van der Waals surface area contributed by atoms with Crippen LogP contribution in [0.15, 0.2) is 24.5 Å². The van der Waals surface area contributed by atoms with Crippen molar-refractivity contribution < 1.29 is 22.7 Å². The van der Waals surface area contributed by atoms with Crippen molar-refractivity contribution in [3.8, 4) is 5.88 Å². The minimum Gasteiger partial charge on any atom is -0.468 e. The third kappa shape index (κ3) is 5.50. The number of carbonyl (C=O) groups is 1. The van der Waals surface area contributed by atoms with Crippen molar-refractivity contribution in [2.75, 3.05) is 11.9 Å². The van der Waals surface area contributed by atoms with Crippen molar-refractivity contribution >= 4 is 22.6 Å². The van der Waals surface area contributed by atoms with E-state index in [0.29, 0.717) is 35.8 Å². The summed E-state index contributed by atoms with van der Waals surface area (Å²) in [5.41, 5.74) is 2.70. The van der Waals surface area contributed by atoms with Crippen molar-refractivity contribution in [1.82, 2.24) is 19.7 Å². The first-order chi connectivity index (χ1) is 14.7. The molecular formula is C21H22F3N5O2. The van der Waals surface area contributed by atoms with E-state index < -0.39 is 12.8 Å². The van der Waals surface area contributed by atoms with Gasteiger partial charge in [0.15, 0.2) is 6.61 Å². The third-order valence-electron chi connectivity index (χ3n) is 4.91. The summed E-state index contributed by atoms with van der Waals surface area (Å²) >= 11 is 0. The van der Waals surface area contributed by atoms with Gasteiger partial charge in [-0.2, -0.15) is 18.3 Å². The fraction of sp³-hybridized carbons (Fsp3) is 0.429. The molecule has 1 fully saturated rings. The van der Waals surface area contributed by atoms with E-state index >= 15 is 0 Å². The molecule has 1 aliphatic rings. The maximum Gasteiger partial charge on any atom is 0.422 e. The van der Waals surface area contributed by atoms with Crippen LogP contribution in [0.4, 0.5) is 19.0 Å². The molecule has 1 saturated carbocycles. The van der Waals surface area contributed by atoms with Crippen molar-refractivity contribution in [1.29, 1.82) is 0 Å². The van der Waals surface area contributed by atoms with Gasteiger partial charge in [0.05, 0.1) is 17.4 Å². The van der Waals surface area contributed by atoms with E-state index in [4.69, 9.17) is 4.74 Å². The molecule has 3 heterocycles. The van der Waals surface area contributed by atoms with E-state index in [-0.39, 0.29) is 11.8 Å². The van der Waals surface area contributed by atoms with Crippen LogP contribution in [-0.4, -0.2) is 38.4 Å². The smallest absolute Gasteiger partial charge is 0.422 e. The van der Waals surface area contributed by atoms with Crippen molar-refractivity contribution in [3.05, 3.63) is 41.3 Å². The number of hydrogen-bond donors (Lipinski definition) is 1. The maximum absolute atomic E-state index is 12.4. The quantitative estimate of drug-likeness (QED) is 0.605. The molecule has 0 unspecified atom stereocenters. The van der Waals surface area contributed by atoms with Gasteiger partial charge in [0.25, 0.3) is 0 Å². The van der Waals surface area contributed by atoms with Gasteiger partial charge in [-0.3, -0.25) is 9.48 Å². The predicted octanol–water partition coefficient (Wildman–Crippen LogP) is 4.17. The Balaban J connectivity index is 1.51. The normalized spacial score (nSPS) is 14.1. The zero-order valence-corrected chi connectivity index (χ0v) is 17.2. The number of halogens is 3. The maximum atomic E-state index is 12.4. The van der Waals surface area contributed by atoms with Crippen LogP contribution in [0, 0.1) is 19.8 Å². The lowest BCUT2D eigenvalue weighted by molar-refractivity contribution is -0.154. The van der Waals surface area contributed by atoms with Gasteiger partial charge in [0, 0.05) is 30.1 Å². The van der Waals surface area contributed by atoms with Crippen LogP contribution in [0.3, 0.4) is 0 Å². The van der Waals surface area contributed by atoms with Gasteiger partial charge in [-0.1, -0.05) is 0 Å². The predicted molar refractivity (Wildman–Crippen MR) is 108 cm³/mol. The Labute approximate surface area is 176 Å². The summed E-state index contributed by atoms with van der Waals surface area (Å²) in [6.07, 6.45) is 1.52. The average Bonchev–Trinajstić information content (AvgIpc) is 3.37. The number of aromatic nitrogens is 4. The lowest BCUT2D eigenvalue weighted by Crippen LogP contribution is -2.20. The van der Waals surface area contributed by atoms with E-state index in [0.717, 1.165) is 29.5 Å². The van der Waals surface area contributed by atoms with Crippen molar-refractivity contribution in [3.63, 3.8) is 0 Å². The monoisotopic (exact) mass is 433 g/mol. The molecule has 0 saturated heterocycles. The summed E-state index contributed by atoms with van der Waals surface area (Å²) in [7, 11) is 0. The minimum absolute atomic E-state index is 0.0489. The number of ether oxygens (including phenoxy) is 1. The van der Waals surface area contributed by atoms with Gasteiger partial charge < -0.3 is 10.1 Å². The average molecular weight is 433 g/mol. The molecule has 7 nitrogen and oxygen atoms in total. The first-order valence-electron chi connectivity index (χ1n) is 9.96. The van der Waals surface area contributed by atoms with Crippen LogP contribution < -0.4 is 10.1 Å². The van der Waals surface area contributed by atoms with E-state index in [1.54, 1.807) is 23.9 Å². The Bertz CT molecular complexity index is 1120. The Hall–Kier alpha value is -3.17. The molecule has 1 amide bonds. The van der Waals surface area contributed by atoms with Crippen LogP contribution in [-0.2, 0) is 11.3 Å². The number of aryl methyl sites for hydroxylation is 2. The van der Waals surface area contributed by atoms with Crippen molar-refractivity contribution in [2.24, 2.45) is 5.92 Å². The van der Waals surface area contributed by atoms with Gasteiger partial charge in [0.1, 0.15) is 5.82 Å². The summed E-state index contributed by atoms with van der Waals surface area (Å²) in [5.74, 6) is 0.857. The number of anilines is 1. The minimum atomic E-state index is -4.42. The third-order valence-corrected chi connectivity index (χ3v) is 4.91. The molecule has 0 atom stereocenters. The second kappa shape index (κ2) is 8.16. The number of amides is 1. The first-order valence-corrected chi connectivity index (χ1v) is 9.96. The molecule has 0 aromatic carbocycles. The highest BCUT2D eigenvalue weighted by Crippen LogP contribution is 2.33. The van der Waals surface area contributed by atoms with E-state index in [9.17, 15) is 18.0 Å². The number of nitrogens with zero attached hydrogens (tertiary/aromatic N) is 4. The van der Waals surface area contributed by atoms with Crippen molar-refractivity contribution in [2.45, 2.75) is 45.8 Å². The number of rotatable bonds is 7. The molecule has 3 aromatic rings. The van der Waals surface area contributed by atoms with Crippen LogP contribution in [0.25, 0.3) is 10.9 Å². The topological polar surface area (TPSA) is 81.9 Å². The lowest BCUT2D eigenvalue weighted by atomic mass is 10.2. The molecule has 10 heteroatoms. The molecule has 4 rings (SSSR count). The Morgan fingerprint density at radius 1 is 1.29 bits per heavy atom. The van der Waals surface area contributed by atoms with Crippen LogP contribution in [0.5, 0.6) is 5.88 Å². The summed E-state index contributed by atoms with van der Waals surface area (Å²) in [6.45, 7) is 2.45. The van der Waals surface area contributed by atoms with Crippen LogP contribution >= 0.6 is 0 Å². The molecule has 0 bridgehead atoms. The van der Waals surface area contributed by atoms with E-state index in [1.807, 2.05) is 13.0 Å².